The summed E-state index contributed by atoms with van der Waals surface area (Å²) in [6.45, 7) is 10.4. The number of carbonyl (C=O) groups excluding carboxylic acids is 1. The zero-order chi connectivity index (χ0) is 33.4. The van der Waals surface area contributed by atoms with E-state index in [0.29, 0.717) is 5.56 Å². The monoisotopic (exact) mass is 663 g/mol. The molecule has 0 aliphatic carbocycles. The van der Waals surface area contributed by atoms with Crippen molar-refractivity contribution in [2.24, 2.45) is 0 Å². The van der Waals surface area contributed by atoms with Gasteiger partial charge in [-0.15, -0.1) is 0 Å². The van der Waals surface area contributed by atoms with E-state index >= 15 is 4.39 Å². The van der Waals surface area contributed by atoms with Gasteiger partial charge in [0.25, 0.3) is 0 Å². The third-order valence-electron chi connectivity index (χ3n) is 6.38. The van der Waals surface area contributed by atoms with Crippen LogP contribution in [-0.2, 0) is 29.4 Å². The summed E-state index contributed by atoms with van der Waals surface area (Å²) in [4.78, 5) is 32.3. The van der Waals surface area contributed by atoms with Crippen molar-refractivity contribution in [3.05, 3.63) is 58.7 Å². The average Bonchev–Trinajstić information content (AvgIpc) is 3.53. The highest BCUT2D eigenvalue weighted by Crippen LogP contribution is 2.55. The second kappa shape index (κ2) is 12.6. The molecule has 2 aliphatic heterocycles. The molecule has 15 nitrogen and oxygen atoms in total. The van der Waals surface area contributed by atoms with Crippen LogP contribution in [0.5, 0.6) is 11.9 Å². The minimum atomic E-state index is -4.02. The lowest BCUT2D eigenvalue weighted by molar-refractivity contribution is -0.389. The summed E-state index contributed by atoms with van der Waals surface area (Å²) in [6.07, 6.45) is 0.719. The summed E-state index contributed by atoms with van der Waals surface area (Å²) >= 11 is 0. The molecule has 248 valence electrons. The number of pyridine rings is 1. The first-order chi connectivity index (χ1) is 21.5. The fraction of sp³-hybridized carbons (Fsp3) is 0.483. The number of aromatic nitrogens is 3. The van der Waals surface area contributed by atoms with E-state index in [0.717, 1.165) is 0 Å². The molecule has 1 amide bonds. The minimum absolute atomic E-state index is 0.0229. The molecule has 46 heavy (non-hydrogen) atoms. The van der Waals surface area contributed by atoms with E-state index in [1.165, 1.54) is 34.0 Å². The molecule has 0 spiro atoms. The molecule has 2 atom stereocenters. The van der Waals surface area contributed by atoms with Crippen molar-refractivity contribution in [1.82, 2.24) is 14.5 Å². The van der Waals surface area contributed by atoms with Crippen LogP contribution in [0.15, 0.2) is 42.7 Å². The second-order valence-electron chi connectivity index (χ2n) is 12.7. The third-order valence-corrected chi connectivity index (χ3v) is 8.38. The van der Waals surface area contributed by atoms with Crippen molar-refractivity contribution < 1.29 is 46.5 Å². The molecule has 0 saturated carbocycles. The fourth-order valence-electron chi connectivity index (χ4n) is 4.65. The Morgan fingerprint density at radius 3 is 2.43 bits per heavy atom. The first kappa shape index (κ1) is 33.3. The molecule has 2 aromatic heterocycles. The van der Waals surface area contributed by atoms with Gasteiger partial charge in [-0.25, -0.2) is 18.7 Å². The van der Waals surface area contributed by atoms with E-state index in [-0.39, 0.29) is 55.3 Å². The Balaban J connectivity index is 1.20. The molecule has 1 saturated heterocycles. The number of benzene rings is 1. The summed E-state index contributed by atoms with van der Waals surface area (Å²) in [5, 5.41) is 11.0. The predicted octanol–water partition coefficient (Wildman–Crippen LogP) is 5.91. The maximum atomic E-state index is 15.3. The van der Waals surface area contributed by atoms with Gasteiger partial charge in [0.1, 0.15) is 24.7 Å². The van der Waals surface area contributed by atoms with E-state index in [1.807, 2.05) is 0 Å². The second-order valence-corrected chi connectivity index (χ2v) is 14.2. The smallest absolute Gasteiger partial charge is 0.469 e. The number of rotatable bonds is 10. The first-order valence-corrected chi connectivity index (χ1v) is 15.8. The lowest BCUT2D eigenvalue weighted by Gasteiger charge is -2.31. The summed E-state index contributed by atoms with van der Waals surface area (Å²) in [5.41, 5.74) is -0.689. The Morgan fingerprint density at radius 2 is 1.83 bits per heavy atom. The summed E-state index contributed by atoms with van der Waals surface area (Å²) in [7, 11) is -4.02. The Morgan fingerprint density at radius 1 is 1.11 bits per heavy atom. The van der Waals surface area contributed by atoms with E-state index in [1.54, 1.807) is 59.7 Å². The molecule has 17 heteroatoms. The van der Waals surface area contributed by atoms with Gasteiger partial charge in [0, 0.05) is 28.4 Å². The Bertz CT molecular complexity index is 1630. The fourth-order valence-corrected chi connectivity index (χ4v) is 6.49. The SMILES string of the molecule is CC(C)(C)OP(=O)(OC[C@H]1CN(c2ccc(-c3ccc(O[C@@H]4COc5nc([N+](=O)[O-])cn5C4)nc3)c(F)c2)C(=O)O1)OC(C)(C)C. The van der Waals surface area contributed by atoms with Crippen LogP contribution in [0.3, 0.4) is 0 Å². The molecule has 1 aromatic carbocycles. The van der Waals surface area contributed by atoms with Crippen LogP contribution < -0.4 is 14.4 Å². The highest BCUT2D eigenvalue weighted by molar-refractivity contribution is 7.48. The van der Waals surface area contributed by atoms with E-state index in [9.17, 15) is 19.5 Å². The number of phosphoric ester groups is 1. The van der Waals surface area contributed by atoms with Gasteiger partial charge in [0.15, 0.2) is 6.10 Å². The van der Waals surface area contributed by atoms with Crippen molar-refractivity contribution in [3.8, 4) is 23.0 Å². The quantitative estimate of drug-likeness (QED) is 0.143. The highest BCUT2D eigenvalue weighted by atomic mass is 31.2. The standard InChI is InChI=1S/C29H35FN5O10P/c1-28(2,3)44-46(39,45-29(4,5)6)41-17-21-14-34(27(36)43-21)19-8-9-22(23(30)11-19)18-7-10-25(31-12-18)42-20-13-33-15-24(35(37)38)32-26(33)40-16-20/h7-12,15,20-21H,13-14,16-17H2,1-6H3/t20-,21+/m0/s1. The van der Waals surface area contributed by atoms with Crippen LogP contribution in [0.4, 0.5) is 20.7 Å². The number of fused-ring (bicyclic) bond motifs is 1. The van der Waals surface area contributed by atoms with Gasteiger partial charge in [-0.2, -0.15) is 0 Å². The first-order valence-electron chi connectivity index (χ1n) is 14.4. The van der Waals surface area contributed by atoms with Crippen LogP contribution in [0, 0.1) is 15.9 Å². The van der Waals surface area contributed by atoms with E-state index in [2.05, 4.69) is 9.97 Å². The number of nitrogens with zero attached hydrogens (tertiary/aromatic N) is 5. The minimum Gasteiger partial charge on any atom is -0.469 e. The number of amides is 1. The van der Waals surface area contributed by atoms with Crippen molar-refractivity contribution >= 4 is 25.4 Å². The predicted molar refractivity (Wildman–Crippen MR) is 161 cm³/mol. The summed E-state index contributed by atoms with van der Waals surface area (Å²) in [5.74, 6) is -0.663. The van der Waals surface area contributed by atoms with Crippen molar-refractivity contribution in [1.29, 1.82) is 0 Å². The van der Waals surface area contributed by atoms with E-state index < -0.39 is 48.1 Å². The number of hydrogen-bond donors (Lipinski definition) is 0. The molecule has 0 unspecified atom stereocenters. The van der Waals surface area contributed by atoms with Crippen molar-refractivity contribution in [2.45, 2.75) is 71.5 Å². The molecule has 0 bridgehead atoms. The molecule has 0 radical (unpaired) electrons. The number of anilines is 1. The van der Waals surface area contributed by atoms with Gasteiger partial charge < -0.3 is 24.3 Å². The molecular weight excluding hydrogens is 628 g/mol. The van der Waals surface area contributed by atoms with Gasteiger partial charge in [0.05, 0.1) is 36.6 Å². The number of cyclic esters (lactones) is 1. The van der Waals surface area contributed by atoms with Crippen molar-refractivity contribution in [2.75, 3.05) is 24.7 Å². The normalized spacial score (nSPS) is 18.6. The summed E-state index contributed by atoms with van der Waals surface area (Å²) in [6, 6.07) is 7.65. The van der Waals surface area contributed by atoms with Crippen LogP contribution in [0.1, 0.15) is 41.5 Å². The molecule has 2 aliphatic rings. The molecule has 4 heterocycles. The lowest BCUT2D eigenvalue weighted by Crippen LogP contribution is -2.34. The number of imidazole rings is 1. The number of phosphoric acid groups is 1. The number of hydrogen-bond acceptors (Lipinski definition) is 12. The van der Waals surface area contributed by atoms with Crippen LogP contribution in [-0.4, -0.2) is 68.7 Å². The lowest BCUT2D eigenvalue weighted by atomic mass is 10.1. The Hall–Kier alpha value is -4.11. The zero-order valence-electron chi connectivity index (χ0n) is 26.2. The van der Waals surface area contributed by atoms with Gasteiger partial charge in [-0.1, -0.05) is 0 Å². The Kier molecular flexibility index (Phi) is 9.10. The van der Waals surface area contributed by atoms with Crippen molar-refractivity contribution in [3.63, 3.8) is 0 Å². The maximum absolute atomic E-state index is 15.3. The van der Waals surface area contributed by atoms with Gasteiger partial charge in [-0.3, -0.25) is 23.0 Å². The third kappa shape index (κ3) is 8.18. The average molecular weight is 664 g/mol. The number of nitro groups is 1. The van der Waals surface area contributed by atoms with Crippen LogP contribution in [0.2, 0.25) is 0 Å². The van der Waals surface area contributed by atoms with Gasteiger partial charge in [0.2, 0.25) is 5.88 Å². The molecule has 1 fully saturated rings. The van der Waals surface area contributed by atoms with Gasteiger partial charge in [-0.05, 0) is 70.7 Å². The largest absolute Gasteiger partial charge is 0.475 e. The topological polar surface area (TPSA) is 167 Å². The zero-order valence-corrected chi connectivity index (χ0v) is 27.1. The number of carbonyl (C=O) groups is 1. The summed E-state index contributed by atoms with van der Waals surface area (Å²) < 4.78 is 63.6. The highest BCUT2D eigenvalue weighted by Gasteiger charge is 2.40. The van der Waals surface area contributed by atoms with Gasteiger partial charge >= 0.3 is 25.7 Å². The maximum Gasteiger partial charge on any atom is 0.475 e. The van der Waals surface area contributed by atoms with Crippen LogP contribution in [0.25, 0.3) is 11.1 Å². The molecular formula is C29H35FN5O10P. The molecule has 3 aromatic rings. The number of ether oxygens (including phenoxy) is 3. The van der Waals surface area contributed by atoms with E-state index in [4.69, 9.17) is 27.8 Å². The number of halogens is 1. The molecule has 0 N–H and O–H groups in total. The Labute approximate surface area is 264 Å². The molecule has 5 rings (SSSR count). The van der Waals surface area contributed by atoms with Crippen LogP contribution >= 0.6 is 7.82 Å².